The van der Waals surface area contributed by atoms with Crippen LogP contribution in [0.4, 0.5) is 0 Å². The van der Waals surface area contributed by atoms with E-state index in [4.69, 9.17) is 4.74 Å². The molecule has 0 aromatic carbocycles. The highest BCUT2D eigenvalue weighted by molar-refractivity contribution is 7.89. The first kappa shape index (κ1) is 13.3. The third-order valence-electron chi connectivity index (χ3n) is 3.17. The lowest BCUT2D eigenvalue weighted by molar-refractivity contribution is 0.0354. The number of sulfonamides is 1. The molecule has 6 heteroatoms. The summed E-state index contributed by atoms with van der Waals surface area (Å²) in [6, 6.07) is -0.0168. The van der Waals surface area contributed by atoms with Gasteiger partial charge in [0.1, 0.15) is 0 Å². The van der Waals surface area contributed by atoms with Crippen molar-refractivity contribution >= 4 is 10.0 Å². The SMILES string of the molecule is C[C@H](CN1CCOCC1)NS(=O)(=O)CC1CC1. The van der Waals surface area contributed by atoms with E-state index in [9.17, 15) is 8.42 Å². The molecule has 1 aliphatic heterocycles. The molecule has 100 valence electrons. The van der Waals surface area contributed by atoms with Crippen molar-refractivity contribution in [3.63, 3.8) is 0 Å². The third kappa shape index (κ3) is 4.91. The van der Waals surface area contributed by atoms with Crippen molar-refractivity contribution < 1.29 is 13.2 Å². The van der Waals surface area contributed by atoms with Crippen LogP contribution in [0.25, 0.3) is 0 Å². The second-order valence-electron chi connectivity index (χ2n) is 5.16. The Labute approximate surface area is 104 Å². The summed E-state index contributed by atoms with van der Waals surface area (Å²) in [5.41, 5.74) is 0. The van der Waals surface area contributed by atoms with E-state index < -0.39 is 10.0 Å². The fourth-order valence-electron chi connectivity index (χ4n) is 2.16. The average molecular weight is 262 g/mol. The van der Waals surface area contributed by atoms with Crippen LogP contribution in [0.1, 0.15) is 19.8 Å². The first-order valence-corrected chi connectivity index (χ1v) is 8.00. The first-order valence-electron chi connectivity index (χ1n) is 6.35. The highest BCUT2D eigenvalue weighted by atomic mass is 32.2. The largest absolute Gasteiger partial charge is 0.379 e. The summed E-state index contributed by atoms with van der Waals surface area (Å²) >= 11 is 0. The molecule has 0 radical (unpaired) electrons. The molecule has 1 N–H and O–H groups in total. The molecule has 1 saturated carbocycles. The van der Waals surface area contributed by atoms with Crippen LogP contribution in [0, 0.1) is 5.92 Å². The maximum Gasteiger partial charge on any atom is 0.212 e. The van der Waals surface area contributed by atoms with E-state index in [-0.39, 0.29) is 6.04 Å². The summed E-state index contributed by atoms with van der Waals surface area (Å²) in [5.74, 6) is 0.712. The van der Waals surface area contributed by atoms with Crippen molar-refractivity contribution in [3.05, 3.63) is 0 Å². The van der Waals surface area contributed by atoms with Crippen molar-refractivity contribution in [1.29, 1.82) is 0 Å². The number of ether oxygens (including phenoxy) is 1. The number of hydrogen-bond donors (Lipinski definition) is 1. The van der Waals surface area contributed by atoms with Crippen LogP contribution in [-0.2, 0) is 14.8 Å². The fraction of sp³-hybridized carbons (Fsp3) is 1.00. The molecule has 2 aliphatic rings. The topological polar surface area (TPSA) is 58.6 Å². The fourth-order valence-corrected chi connectivity index (χ4v) is 3.90. The van der Waals surface area contributed by atoms with Crippen molar-refractivity contribution in [2.75, 3.05) is 38.6 Å². The molecule has 17 heavy (non-hydrogen) atoms. The summed E-state index contributed by atoms with van der Waals surface area (Å²) < 4.78 is 31.6. The monoisotopic (exact) mass is 262 g/mol. The minimum Gasteiger partial charge on any atom is -0.379 e. The molecule has 1 saturated heterocycles. The van der Waals surface area contributed by atoms with Crippen molar-refractivity contribution in [3.8, 4) is 0 Å². The average Bonchev–Trinajstić information content (AvgIpc) is 3.01. The zero-order chi connectivity index (χ0) is 12.3. The van der Waals surface area contributed by atoms with Crippen LogP contribution in [0.15, 0.2) is 0 Å². The molecule has 0 unspecified atom stereocenters. The quantitative estimate of drug-likeness (QED) is 0.734. The van der Waals surface area contributed by atoms with Gasteiger partial charge in [0.25, 0.3) is 0 Å². The molecule has 0 spiro atoms. The summed E-state index contributed by atoms with van der Waals surface area (Å²) in [6.45, 7) is 6.00. The van der Waals surface area contributed by atoms with Crippen LogP contribution in [-0.4, -0.2) is 58.0 Å². The lowest BCUT2D eigenvalue weighted by atomic mass is 10.3. The summed E-state index contributed by atoms with van der Waals surface area (Å²) in [7, 11) is -3.08. The molecular formula is C11H22N2O3S. The Kier molecular flexibility index (Phi) is 4.41. The lowest BCUT2D eigenvalue weighted by Crippen LogP contribution is -2.46. The summed E-state index contributed by atoms with van der Waals surface area (Å²) in [6.07, 6.45) is 2.14. The van der Waals surface area contributed by atoms with E-state index in [2.05, 4.69) is 9.62 Å². The maximum absolute atomic E-state index is 11.8. The highest BCUT2D eigenvalue weighted by Crippen LogP contribution is 2.29. The van der Waals surface area contributed by atoms with E-state index in [0.717, 1.165) is 45.7 Å². The molecule has 0 aromatic heterocycles. The second kappa shape index (κ2) is 5.65. The molecule has 1 aliphatic carbocycles. The standard InChI is InChI=1S/C11H22N2O3S/c1-10(8-13-4-6-16-7-5-13)12-17(14,15)9-11-2-3-11/h10-12H,2-9H2,1H3/t10-/m1/s1. The summed E-state index contributed by atoms with van der Waals surface area (Å²) in [5, 5.41) is 0. The number of nitrogens with zero attached hydrogens (tertiary/aromatic N) is 1. The predicted molar refractivity (Wildman–Crippen MR) is 66.4 cm³/mol. The van der Waals surface area contributed by atoms with Gasteiger partial charge in [-0.2, -0.15) is 0 Å². The van der Waals surface area contributed by atoms with Crippen molar-refractivity contribution in [1.82, 2.24) is 9.62 Å². The van der Waals surface area contributed by atoms with Gasteiger partial charge in [0.15, 0.2) is 0 Å². The minimum atomic E-state index is -3.08. The smallest absolute Gasteiger partial charge is 0.212 e. The Bertz CT molecular complexity index is 335. The Hall–Kier alpha value is -0.170. The van der Waals surface area contributed by atoms with E-state index in [1.807, 2.05) is 6.92 Å². The third-order valence-corrected chi connectivity index (χ3v) is 4.84. The number of morpholine rings is 1. The molecule has 5 nitrogen and oxygen atoms in total. The van der Waals surface area contributed by atoms with Gasteiger partial charge < -0.3 is 4.74 Å². The second-order valence-corrected chi connectivity index (χ2v) is 6.96. The van der Waals surface area contributed by atoms with Gasteiger partial charge >= 0.3 is 0 Å². The Morgan fingerprint density at radius 3 is 2.59 bits per heavy atom. The van der Waals surface area contributed by atoms with Crippen molar-refractivity contribution in [2.45, 2.75) is 25.8 Å². The molecule has 1 atom stereocenters. The van der Waals surface area contributed by atoms with Gasteiger partial charge in [0.2, 0.25) is 10.0 Å². The van der Waals surface area contributed by atoms with Crippen LogP contribution < -0.4 is 4.72 Å². The molecule has 2 fully saturated rings. The summed E-state index contributed by atoms with van der Waals surface area (Å²) in [4.78, 5) is 2.24. The number of rotatable bonds is 6. The molecule has 0 aromatic rings. The van der Waals surface area contributed by atoms with E-state index in [1.165, 1.54) is 0 Å². The molecule has 0 amide bonds. The Balaban J connectivity index is 1.73. The van der Waals surface area contributed by atoms with Crippen LogP contribution >= 0.6 is 0 Å². The van der Waals surface area contributed by atoms with E-state index in [1.54, 1.807) is 0 Å². The Morgan fingerprint density at radius 2 is 2.00 bits per heavy atom. The molecular weight excluding hydrogens is 240 g/mol. The zero-order valence-corrected chi connectivity index (χ0v) is 11.2. The highest BCUT2D eigenvalue weighted by Gasteiger charge is 2.29. The van der Waals surface area contributed by atoms with E-state index in [0.29, 0.717) is 11.7 Å². The number of nitrogens with one attached hydrogen (secondary N) is 1. The minimum absolute atomic E-state index is 0.0168. The van der Waals surface area contributed by atoms with E-state index >= 15 is 0 Å². The normalized spacial score (nSPS) is 24.8. The molecule has 2 rings (SSSR count). The van der Waals surface area contributed by atoms with Crippen LogP contribution in [0.5, 0.6) is 0 Å². The van der Waals surface area contributed by atoms with Gasteiger partial charge in [-0.1, -0.05) is 0 Å². The molecule has 1 heterocycles. The van der Waals surface area contributed by atoms with Crippen LogP contribution in [0.3, 0.4) is 0 Å². The maximum atomic E-state index is 11.8. The zero-order valence-electron chi connectivity index (χ0n) is 10.4. The predicted octanol–water partition coefficient (Wildman–Crippen LogP) is 0.0365. The van der Waals surface area contributed by atoms with Gasteiger partial charge in [0.05, 0.1) is 19.0 Å². The van der Waals surface area contributed by atoms with Crippen molar-refractivity contribution in [2.24, 2.45) is 5.92 Å². The van der Waals surface area contributed by atoms with Gasteiger partial charge in [-0.05, 0) is 25.7 Å². The lowest BCUT2D eigenvalue weighted by Gasteiger charge is -2.29. The number of hydrogen-bond acceptors (Lipinski definition) is 4. The van der Waals surface area contributed by atoms with Gasteiger partial charge in [-0.25, -0.2) is 13.1 Å². The van der Waals surface area contributed by atoms with Gasteiger partial charge in [-0.3, -0.25) is 4.90 Å². The van der Waals surface area contributed by atoms with Crippen LogP contribution in [0.2, 0.25) is 0 Å². The van der Waals surface area contributed by atoms with Gasteiger partial charge in [0, 0.05) is 25.7 Å². The Morgan fingerprint density at radius 1 is 1.35 bits per heavy atom. The molecule has 0 bridgehead atoms. The van der Waals surface area contributed by atoms with Gasteiger partial charge in [-0.15, -0.1) is 0 Å². The first-order chi connectivity index (χ1) is 8.05.